The molecule has 1 aromatic carbocycles. The van der Waals surface area contributed by atoms with Crippen LogP contribution in [-0.4, -0.2) is 26.2 Å². The van der Waals surface area contributed by atoms with Gasteiger partial charge in [0.15, 0.2) is 0 Å². The first kappa shape index (κ1) is 11.1. The maximum absolute atomic E-state index is 9.97. The van der Waals surface area contributed by atoms with Gasteiger partial charge in [-0.25, -0.2) is 4.68 Å². The van der Waals surface area contributed by atoms with Gasteiger partial charge in [0.1, 0.15) is 18.4 Å². The highest BCUT2D eigenvalue weighted by atomic mass is 16.3. The van der Waals surface area contributed by atoms with Crippen LogP contribution in [0, 0.1) is 0 Å². The third kappa shape index (κ3) is 2.57. The first-order chi connectivity index (χ1) is 8.31. The smallest absolute Gasteiger partial charge is 0.141 e. The van der Waals surface area contributed by atoms with Crippen molar-refractivity contribution in [1.82, 2.24) is 14.9 Å². The Hall–Kier alpha value is -2.43. The molecule has 1 N–H and O–H groups in total. The van der Waals surface area contributed by atoms with Gasteiger partial charge >= 0.3 is 0 Å². The van der Waals surface area contributed by atoms with Gasteiger partial charge in [-0.1, -0.05) is 18.2 Å². The van der Waals surface area contributed by atoms with Crippen molar-refractivity contribution in [1.29, 1.82) is 0 Å². The van der Waals surface area contributed by atoms with Gasteiger partial charge in [0.05, 0.1) is 6.21 Å². The van der Waals surface area contributed by atoms with Crippen LogP contribution < -0.4 is 0 Å². The van der Waals surface area contributed by atoms with E-state index in [1.165, 1.54) is 17.3 Å². The average Bonchev–Trinajstić information content (AvgIpc) is 2.83. The van der Waals surface area contributed by atoms with Gasteiger partial charge in [-0.05, 0) is 18.1 Å². The minimum atomic E-state index is 0.226. The highest BCUT2D eigenvalue weighted by molar-refractivity contribution is 5.84. The van der Waals surface area contributed by atoms with E-state index >= 15 is 0 Å². The van der Waals surface area contributed by atoms with Gasteiger partial charge in [-0.3, -0.25) is 0 Å². The fourth-order valence-corrected chi connectivity index (χ4v) is 1.42. The summed E-state index contributed by atoms with van der Waals surface area (Å²) in [6.45, 7) is 3.65. The molecule has 2 rings (SSSR count). The van der Waals surface area contributed by atoms with Crippen molar-refractivity contribution >= 4 is 6.21 Å². The molecule has 86 valence electrons. The average molecular weight is 228 g/mol. The molecule has 0 fully saturated rings. The van der Waals surface area contributed by atoms with Crippen molar-refractivity contribution in [3.8, 4) is 5.75 Å². The molecule has 0 amide bonds. The third-order valence-electron chi connectivity index (χ3n) is 2.25. The van der Waals surface area contributed by atoms with Crippen LogP contribution in [0.25, 0.3) is 0 Å². The Morgan fingerprint density at radius 1 is 1.35 bits per heavy atom. The zero-order chi connectivity index (χ0) is 12.1. The summed E-state index contributed by atoms with van der Waals surface area (Å²) < 4.78 is 1.46. The molecule has 0 aliphatic heterocycles. The lowest BCUT2D eigenvalue weighted by Gasteiger charge is -2.04. The molecule has 5 nitrogen and oxygen atoms in total. The molecule has 0 aliphatic carbocycles. The molecule has 5 heteroatoms. The lowest BCUT2D eigenvalue weighted by Crippen LogP contribution is -1.91. The predicted molar refractivity (Wildman–Crippen MR) is 65.0 cm³/mol. The number of aromatic hydroxyl groups is 1. The molecule has 2 aromatic rings. The summed E-state index contributed by atoms with van der Waals surface area (Å²) in [5.41, 5.74) is 1.48. The standard InChI is InChI=1S/C12H12N4O/c1-2-4-10-5-3-6-11(12(10)17)7-15-16-8-13-14-9-16/h2-3,5-9,17H,1,4H2. The normalized spacial score (nSPS) is 10.8. The number of aromatic nitrogens is 3. The van der Waals surface area contributed by atoms with Gasteiger partial charge < -0.3 is 5.11 Å². The summed E-state index contributed by atoms with van der Waals surface area (Å²) in [5, 5.41) is 21.3. The number of phenols is 1. The Labute approximate surface area is 98.7 Å². The SMILES string of the molecule is C=CCc1cccc(C=Nn2cnnc2)c1O. The Bertz CT molecular complexity index is 531. The van der Waals surface area contributed by atoms with Crippen LogP contribution in [0.4, 0.5) is 0 Å². The van der Waals surface area contributed by atoms with Gasteiger partial charge in [-0.2, -0.15) is 5.10 Å². The van der Waals surface area contributed by atoms with E-state index in [1.807, 2.05) is 12.1 Å². The van der Waals surface area contributed by atoms with Gasteiger partial charge in [0.2, 0.25) is 0 Å². The van der Waals surface area contributed by atoms with E-state index in [-0.39, 0.29) is 5.75 Å². The predicted octanol–water partition coefficient (Wildman–Crippen LogP) is 1.59. The molecule has 0 atom stereocenters. The fraction of sp³-hybridized carbons (Fsp3) is 0.0833. The topological polar surface area (TPSA) is 63.3 Å². The number of nitrogens with zero attached hydrogens (tertiary/aromatic N) is 4. The minimum absolute atomic E-state index is 0.226. The lowest BCUT2D eigenvalue weighted by atomic mass is 10.1. The summed E-state index contributed by atoms with van der Waals surface area (Å²) in [4.78, 5) is 0. The quantitative estimate of drug-likeness (QED) is 0.638. The number of hydrogen-bond donors (Lipinski definition) is 1. The van der Waals surface area contributed by atoms with Crippen molar-refractivity contribution in [2.45, 2.75) is 6.42 Å². The van der Waals surface area contributed by atoms with E-state index in [2.05, 4.69) is 21.9 Å². The molecule has 0 saturated heterocycles. The highest BCUT2D eigenvalue weighted by Gasteiger charge is 2.03. The molecule has 0 unspecified atom stereocenters. The van der Waals surface area contributed by atoms with Crippen molar-refractivity contribution in [3.05, 3.63) is 54.6 Å². The highest BCUT2D eigenvalue weighted by Crippen LogP contribution is 2.21. The molecule has 1 heterocycles. The third-order valence-corrected chi connectivity index (χ3v) is 2.25. The monoisotopic (exact) mass is 228 g/mol. The molecule has 0 radical (unpaired) electrons. The zero-order valence-electron chi connectivity index (χ0n) is 9.19. The molecule has 0 bridgehead atoms. The van der Waals surface area contributed by atoms with Crippen LogP contribution in [0.3, 0.4) is 0 Å². The van der Waals surface area contributed by atoms with E-state index in [0.29, 0.717) is 12.0 Å². The van der Waals surface area contributed by atoms with E-state index in [9.17, 15) is 5.11 Å². The zero-order valence-corrected chi connectivity index (χ0v) is 9.19. The molecule has 0 aliphatic rings. The fourth-order valence-electron chi connectivity index (χ4n) is 1.42. The molecule has 0 spiro atoms. The summed E-state index contributed by atoms with van der Waals surface area (Å²) in [5.74, 6) is 0.226. The number of rotatable bonds is 4. The first-order valence-electron chi connectivity index (χ1n) is 5.12. The van der Waals surface area contributed by atoms with Gasteiger partial charge in [0.25, 0.3) is 0 Å². The largest absolute Gasteiger partial charge is 0.507 e. The van der Waals surface area contributed by atoms with Crippen molar-refractivity contribution in [2.24, 2.45) is 5.10 Å². The molecular weight excluding hydrogens is 216 g/mol. The second-order valence-corrected chi connectivity index (χ2v) is 3.43. The van der Waals surface area contributed by atoms with Crippen molar-refractivity contribution in [3.63, 3.8) is 0 Å². The number of allylic oxidation sites excluding steroid dienone is 1. The van der Waals surface area contributed by atoms with Crippen LogP contribution in [-0.2, 0) is 6.42 Å². The number of phenolic OH excluding ortho intramolecular Hbond substituents is 1. The summed E-state index contributed by atoms with van der Waals surface area (Å²) in [6.07, 6.45) is 6.88. The summed E-state index contributed by atoms with van der Waals surface area (Å²) >= 11 is 0. The number of para-hydroxylation sites is 1. The Kier molecular flexibility index (Phi) is 3.30. The van der Waals surface area contributed by atoms with Crippen LogP contribution in [0.5, 0.6) is 5.75 Å². The van der Waals surface area contributed by atoms with E-state index in [4.69, 9.17) is 0 Å². The van der Waals surface area contributed by atoms with Crippen LogP contribution in [0.1, 0.15) is 11.1 Å². The van der Waals surface area contributed by atoms with E-state index in [0.717, 1.165) is 5.56 Å². The van der Waals surface area contributed by atoms with Crippen LogP contribution >= 0.6 is 0 Å². The second-order valence-electron chi connectivity index (χ2n) is 3.43. The molecule has 17 heavy (non-hydrogen) atoms. The first-order valence-corrected chi connectivity index (χ1v) is 5.12. The Morgan fingerprint density at radius 3 is 2.82 bits per heavy atom. The summed E-state index contributed by atoms with van der Waals surface area (Å²) in [6, 6.07) is 5.51. The van der Waals surface area contributed by atoms with Crippen molar-refractivity contribution in [2.75, 3.05) is 0 Å². The van der Waals surface area contributed by atoms with Crippen LogP contribution in [0.15, 0.2) is 48.6 Å². The van der Waals surface area contributed by atoms with Crippen molar-refractivity contribution < 1.29 is 5.11 Å². The summed E-state index contributed by atoms with van der Waals surface area (Å²) in [7, 11) is 0. The molecular formula is C12H12N4O. The molecule has 0 saturated carbocycles. The van der Waals surface area contributed by atoms with Gasteiger partial charge in [0, 0.05) is 5.56 Å². The van der Waals surface area contributed by atoms with Gasteiger partial charge in [-0.15, -0.1) is 16.8 Å². The maximum Gasteiger partial charge on any atom is 0.141 e. The Morgan fingerprint density at radius 2 is 2.12 bits per heavy atom. The number of benzene rings is 1. The maximum atomic E-state index is 9.97. The number of hydrogen-bond acceptors (Lipinski definition) is 4. The lowest BCUT2D eigenvalue weighted by molar-refractivity contribution is 0.469. The minimum Gasteiger partial charge on any atom is -0.507 e. The van der Waals surface area contributed by atoms with E-state index in [1.54, 1.807) is 18.4 Å². The van der Waals surface area contributed by atoms with Crippen LogP contribution in [0.2, 0.25) is 0 Å². The Balaban J connectivity index is 2.27. The second kappa shape index (κ2) is 5.07. The van der Waals surface area contributed by atoms with E-state index < -0.39 is 0 Å². The molecule has 1 aromatic heterocycles.